The number of halogens is 2. The number of carbonyl (C=O) groups excluding carboxylic acids is 1. The van der Waals surface area contributed by atoms with Crippen molar-refractivity contribution in [2.75, 3.05) is 0 Å². The highest BCUT2D eigenvalue weighted by atomic mass is 127. The summed E-state index contributed by atoms with van der Waals surface area (Å²) in [5, 5.41) is 0. The molecule has 0 saturated carbocycles. The van der Waals surface area contributed by atoms with Gasteiger partial charge in [0.25, 0.3) is 0 Å². The number of cyclic esters (lactones) is 1. The highest BCUT2D eigenvalue weighted by molar-refractivity contribution is 14.1. The summed E-state index contributed by atoms with van der Waals surface area (Å²) in [6.07, 6.45) is 1.52. The molecule has 0 atom stereocenters. The van der Waals surface area contributed by atoms with E-state index in [1.807, 2.05) is 30.3 Å². The van der Waals surface area contributed by atoms with Crippen LogP contribution < -0.4 is 0 Å². The third-order valence-electron chi connectivity index (χ3n) is 3.75. The number of aliphatic imine (C=N–C) groups is 1. The Morgan fingerprint density at radius 1 is 0.923 bits per heavy atom. The first-order chi connectivity index (χ1) is 12.6. The van der Waals surface area contributed by atoms with E-state index >= 15 is 0 Å². The molecule has 4 nitrogen and oxygen atoms in total. The lowest BCUT2D eigenvalue weighted by atomic mass is 10.2. The lowest BCUT2D eigenvalue weighted by Crippen LogP contribution is -2.05. The standard InChI is InChI=1S/C20H11FINO3/c21-14-5-1-13(2-6-14)19-23-17(20(24)26-19)11-16-9-10-18(25-16)12-3-7-15(22)8-4-12/h1-11H/b17-11-. The quantitative estimate of drug-likeness (QED) is 0.314. The topological polar surface area (TPSA) is 51.8 Å². The van der Waals surface area contributed by atoms with E-state index in [4.69, 9.17) is 9.15 Å². The van der Waals surface area contributed by atoms with E-state index in [1.54, 1.807) is 6.07 Å². The third-order valence-corrected chi connectivity index (χ3v) is 4.47. The molecule has 2 aromatic carbocycles. The van der Waals surface area contributed by atoms with E-state index < -0.39 is 5.97 Å². The van der Waals surface area contributed by atoms with Crippen LogP contribution in [0.5, 0.6) is 0 Å². The van der Waals surface area contributed by atoms with Crippen molar-refractivity contribution >= 4 is 40.5 Å². The van der Waals surface area contributed by atoms with Crippen LogP contribution in [0.1, 0.15) is 11.3 Å². The lowest BCUT2D eigenvalue weighted by Gasteiger charge is -1.98. The average molecular weight is 459 g/mol. The maximum Gasteiger partial charge on any atom is 0.363 e. The van der Waals surface area contributed by atoms with E-state index in [-0.39, 0.29) is 17.4 Å². The summed E-state index contributed by atoms with van der Waals surface area (Å²) in [6.45, 7) is 0. The van der Waals surface area contributed by atoms with Gasteiger partial charge in [-0.15, -0.1) is 0 Å². The van der Waals surface area contributed by atoms with E-state index in [0.717, 1.165) is 9.13 Å². The molecule has 0 bridgehead atoms. The van der Waals surface area contributed by atoms with E-state index in [1.165, 1.54) is 30.3 Å². The molecule has 0 unspecified atom stereocenters. The molecule has 0 saturated heterocycles. The number of carbonyl (C=O) groups is 1. The first-order valence-corrected chi connectivity index (χ1v) is 8.81. The maximum atomic E-state index is 13.0. The van der Waals surface area contributed by atoms with Crippen molar-refractivity contribution in [3.05, 3.63) is 87.1 Å². The molecule has 0 fully saturated rings. The van der Waals surface area contributed by atoms with E-state index in [9.17, 15) is 9.18 Å². The predicted octanol–water partition coefficient (Wildman–Crippen LogP) is 5.03. The van der Waals surface area contributed by atoms with E-state index in [2.05, 4.69) is 27.6 Å². The fourth-order valence-electron chi connectivity index (χ4n) is 2.46. The molecule has 3 aromatic rings. The van der Waals surface area contributed by atoms with Gasteiger partial charge in [0.15, 0.2) is 5.70 Å². The number of esters is 1. The molecule has 128 valence electrons. The van der Waals surface area contributed by atoms with Gasteiger partial charge in [0.1, 0.15) is 17.3 Å². The molecule has 0 spiro atoms. The number of hydrogen-bond donors (Lipinski definition) is 0. The minimum Gasteiger partial charge on any atom is -0.457 e. The summed E-state index contributed by atoms with van der Waals surface area (Å²) in [4.78, 5) is 16.2. The second-order valence-corrected chi connectivity index (χ2v) is 6.80. The second-order valence-electron chi connectivity index (χ2n) is 5.55. The van der Waals surface area contributed by atoms with Crippen molar-refractivity contribution in [2.24, 2.45) is 4.99 Å². The smallest absolute Gasteiger partial charge is 0.363 e. The second kappa shape index (κ2) is 6.87. The van der Waals surface area contributed by atoms with Crippen LogP contribution in [0.15, 0.2) is 75.8 Å². The fourth-order valence-corrected chi connectivity index (χ4v) is 2.82. The number of ether oxygens (including phenoxy) is 1. The summed E-state index contributed by atoms with van der Waals surface area (Å²) in [5.74, 6) is 0.396. The third kappa shape index (κ3) is 3.45. The summed E-state index contributed by atoms with van der Waals surface area (Å²) in [5.41, 5.74) is 1.61. The van der Waals surface area contributed by atoms with E-state index in [0.29, 0.717) is 17.1 Å². The number of hydrogen-bond acceptors (Lipinski definition) is 4. The number of furan rings is 1. The van der Waals surface area contributed by atoms with Crippen molar-refractivity contribution in [1.29, 1.82) is 0 Å². The summed E-state index contributed by atoms with van der Waals surface area (Å²) < 4.78 is 25.1. The van der Waals surface area contributed by atoms with Gasteiger partial charge in [0.2, 0.25) is 5.90 Å². The highest BCUT2D eigenvalue weighted by Gasteiger charge is 2.24. The molecule has 2 heterocycles. The Morgan fingerprint density at radius 2 is 1.62 bits per heavy atom. The molecule has 1 aliphatic rings. The van der Waals surface area contributed by atoms with Crippen LogP contribution in [-0.2, 0) is 9.53 Å². The van der Waals surface area contributed by atoms with Gasteiger partial charge in [0.05, 0.1) is 0 Å². The molecule has 0 amide bonds. The lowest BCUT2D eigenvalue weighted by molar-refractivity contribution is -0.129. The van der Waals surface area contributed by atoms with Crippen molar-refractivity contribution in [3.8, 4) is 11.3 Å². The Labute approximate surface area is 162 Å². The van der Waals surface area contributed by atoms with Crippen molar-refractivity contribution in [3.63, 3.8) is 0 Å². The fraction of sp³-hybridized carbons (Fsp3) is 0. The first-order valence-electron chi connectivity index (χ1n) is 7.73. The molecule has 1 aliphatic heterocycles. The number of rotatable bonds is 3. The van der Waals surface area contributed by atoms with Crippen LogP contribution in [0, 0.1) is 9.39 Å². The van der Waals surface area contributed by atoms with Gasteiger partial charge in [-0.1, -0.05) is 12.1 Å². The Kier molecular flexibility index (Phi) is 4.42. The Balaban J connectivity index is 1.61. The molecule has 0 N–H and O–H groups in total. The van der Waals surface area contributed by atoms with Gasteiger partial charge in [0, 0.05) is 20.8 Å². The van der Waals surface area contributed by atoms with Crippen LogP contribution in [0.4, 0.5) is 4.39 Å². The minimum absolute atomic E-state index is 0.132. The van der Waals surface area contributed by atoms with Crippen LogP contribution in [0.3, 0.4) is 0 Å². The summed E-state index contributed by atoms with van der Waals surface area (Å²) >= 11 is 2.24. The minimum atomic E-state index is -0.573. The monoisotopic (exact) mass is 459 g/mol. The summed E-state index contributed by atoms with van der Waals surface area (Å²) in [6, 6.07) is 17.1. The van der Waals surface area contributed by atoms with Gasteiger partial charge in [-0.3, -0.25) is 0 Å². The summed E-state index contributed by atoms with van der Waals surface area (Å²) in [7, 11) is 0. The Hall–Kier alpha value is -2.74. The van der Waals surface area contributed by atoms with Gasteiger partial charge in [-0.05, 0) is 71.1 Å². The zero-order valence-corrected chi connectivity index (χ0v) is 15.4. The maximum absolute atomic E-state index is 13.0. The largest absolute Gasteiger partial charge is 0.457 e. The molecule has 0 radical (unpaired) electrons. The molecular formula is C20H11FINO3. The normalized spacial score (nSPS) is 15.2. The van der Waals surface area contributed by atoms with Crippen molar-refractivity contribution in [2.45, 2.75) is 0 Å². The molecule has 26 heavy (non-hydrogen) atoms. The van der Waals surface area contributed by atoms with Gasteiger partial charge in [-0.25, -0.2) is 14.2 Å². The zero-order valence-electron chi connectivity index (χ0n) is 13.3. The average Bonchev–Trinajstić information content (AvgIpc) is 3.24. The molecule has 1 aromatic heterocycles. The first kappa shape index (κ1) is 16.7. The predicted molar refractivity (Wildman–Crippen MR) is 104 cm³/mol. The Bertz CT molecular complexity index is 1030. The SMILES string of the molecule is O=C1OC(c2ccc(F)cc2)=N/C1=C\c1ccc(-c2ccc(I)cc2)o1. The number of benzene rings is 2. The van der Waals surface area contributed by atoms with Gasteiger partial charge in [-0.2, -0.15) is 0 Å². The van der Waals surface area contributed by atoms with Gasteiger partial charge >= 0.3 is 5.97 Å². The van der Waals surface area contributed by atoms with Crippen LogP contribution in [0.25, 0.3) is 17.4 Å². The molecule has 6 heteroatoms. The van der Waals surface area contributed by atoms with Crippen molar-refractivity contribution in [1.82, 2.24) is 0 Å². The van der Waals surface area contributed by atoms with Crippen LogP contribution in [-0.4, -0.2) is 11.9 Å². The molecule has 0 aliphatic carbocycles. The van der Waals surface area contributed by atoms with Crippen molar-refractivity contribution < 1.29 is 18.3 Å². The Morgan fingerprint density at radius 3 is 2.35 bits per heavy atom. The van der Waals surface area contributed by atoms with Crippen LogP contribution in [0.2, 0.25) is 0 Å². The zero-order chi connectivity index (χ0) is 18.1. The van der Waals surface area contributed by atoms with Gasteiger partial charge < -0.3 is 9.15 Å². The highest BCUT2D eigenvalue weighted by Crippen LogP contribution is 2.26. The molecular weight excluding hydrogens is 448 g/mol. The molecule has 4 rings (SSSR count). The number of nitrogens with zero attached hydrogens (tertiary/aromatic N) is 1. The van der Waals surface area contributed by atoms with Crippen LogP contribution >= 0.6 is 22.6 Å².